The van der Waals surface area contributed by atoms with Gasteiger partial charge in [-0.2, -0.15) is 18.3 Å². The molecule has 5 N–H and O–H groups in total. The molecule has 4 rings (SSSR count). The average Bonchev–Trinajstić information content (AvgIpc) is 3.16. The molecular weight excluding hydrogens is 387 g/mol. The minimum atomic E-state index is -4.56. The number of anilines is 1. The zero-order valence-corrected chi connectivity index (χ0v) is 15.3. The molecule has 0 radical (unpaired) electrons. The van der Waals surface area contributed by atoms with Crippen LogP contribution < -0.4 is 21.6 Å². The number of rotatable bonds is 3. The van der Waals surface area contributed by atoms with Crippen molar-refractivity contribution in [2.24, 2.45) is 17.5 Å². The summed E-state index contributed by atoms with van der Waals surface area (Å²) in [4.78, 5) is 18.4. The SMILES string of the molecule is N/[NH+]=C(\N)C1CCCN(c2ccnc(-c3cnc4cnc(C(F)(F)F)cn34)n2)C1. The van der Waals surface area contributed by atoms with E-state index in [0.717, 1.165) is 31.8 Å². The Morgan fingerprint density at radius 2 is 2.03 bits per heavy atom. The zero-order valence-electron chi connectivity index (χ0n) is 15.3. The number of nitrogens with zero attached hydrogens (tertiary/aromatic N) is 6. The summed E-state index contributed by atoms with van der Waals surface area (Å²) in [5.74, 6) is 6.93. The largest absolute Gasteiger partial charge is 0.434 e. The molecule has 1 aliphatic rings. The van der Waals surface area contributed by atoms with Gasteiger partial charge >= 0.3 is 6.18 Å². The molecule has 0 aromatic carbocycles. The topological polar surface area (TPSA) is 125 Å². The molecule has 1 aliphatic heterocycles. The molecular formula is C17H19F3N9+. The Labute approximate surface area is 163 Å². The number of hydrazine groups is 1. The van der Waals surface area contributed by atoms with Crippen molar-refractivity contribution in [2.45, 2.75) is 19.0 Å². The quantitative estimate of drug-likeness (QED) is 0.237. The molecule has 0 saturated carbocycles. The fourth-order valence-electron chi connectivity index (χ4n) is 3.41. The van der Waals surface area contributed by atoms with E-state index < -0.39 is 11.9 Å². The van der Waals surface area contributed by atoms with E-state index in [-0.39, 0.29) is 17.4 Å². The van der Waals surface area contributed by atoms with Crippen molar-refractivity contribution in [3.05, 3.63) is 36.5 Å². The number of fused-ring (bicyclic) bond motifs is 1. The van der Waals surface area contributed by atoms with Crippen LogP contribution in [0, 0.1) is 5.92 Å². The summed E-state index contributed by atoms with van der Waals surface area (Å²) in [5.41, 5.74) is 5.52. The van der Waals surface area contributed by atoms with Gasteiger partial charge < -0.3 is 4.90 Å². The highest BCUT2D eigenvalue weighted by molar-refractivity contribution is 5.78. The van der Waals surface area contributed by atoms with Crippen molar-refractivity contribution in [2.75, 3.05) is 18.0 Å². The van der Waals surface area contributed by atoms with Gasteiger partial charge in [-0.25, -0.2) is 19.9 Å². The summed E-state index contributed by atoms with van der Waals surface area (Å²) < 4.78 is 40.4. The number of nitrogens with two attached hydrogens (primary N) is 2. The number of hydrazone groups is 1. The third-order valence-corrected chi connectivity index (χ3v) is 4.91. The van der Waals surface area contributed by atoms with Crippen LogP contribution >= 0.6 is 0 Å². The highest BCUT2D eigenvalue weighted by atomic mass is 19.4. The van der Waals surface area contributed by atoms with E-state index in [1.807, 2.05) is 0 Å². The van der Waals surface area contributed by atoms with Crippen molar-refractivity contribution in [3.8, 4) is 11.5 Å². The van der Waals surface area contributed by atoms with E-state index in [9.17, 15) is 13.2 Å². The van der Waals surface area contributed by atoms with E-state index in [1.165, 1.54) is 10.6 Å². The third kappa shape index (κ3) is 3.65. The number of aromatic nitrogens is 5. The molecule has 1 saturated heterocycles. The number of hydrogen-bond acceptors (Lipinski definition) is 6. The second-order valence-corrected chi connectivity index (χ2v) is 6.77. The molecule has 9 nitrogen and oxygen atoms in total. The number of nitrogens with one attached hydrogen (secondary N) is 1. The second-order valence-electron chi connectivity index (χ2n) is 6.77. The summed E-state index contributed by atoms with van der Waals surface area (Å²) in [6.07, 6.45) is 2.22. The molecule has 0 amide bonds. The van der Waals surface area contributed by atoms with Crippen LogP contribution in [0.25, 0.3) is 17.2 Å². The van der Waals surface area contributed by atoms with Crippen molar-refractivity contribution in [1.29, 1.82) is 0 Å². The molecule has 0 spiro atoms. The standard InChI is InChI=1S/C17H18F3N9/c18-17(19,20)12-9-29-11(6-25-14(29)7-24-12)16-23-4-3-13(26-16)28-5-1-2-10(8-28)15(21)27-22/h3-4,6-7,9-10H,1-2,5,8,22H2,(H2,21,27)/p+1. The highest BCUT2D eigenvalue weighted by Crippen LogP contribution is 2.29. The maximum atomic E-state index is 13.0. The molecule has 3 aromatic rings. The van der Waals surface area contributed by atoms with Gasteiger partial charge in [0.15, 0.2) is 17.2 Å². The maximum Gasteiger partial charge on any atom is 0.434 e. The van der Waals surface area contributed by atoms with Crippen molar-refractivity contribution < 1.29 is 18.3 Å². The highest BCUT2D eigenvalue weighted by Gasteiger charge is 2.33. The lowest BCUT2D eigenvalue weighted by molar-refractivity contribution is -0.473. The van der Waals surface area contributed by atoms with E-state index in [0.29, 0.717) is 23.9 Å². The van der Waals surface area contributed by atoms with Crippen LogP contribution in [0.1, 0.15) is 18.5 Å². The lowest BCUT2D eigenvalue weighted by Crippen LogP contribution is -2.84. The zero-order chi connectivity index (χ0) is 20.6. The van der Waals surface area contributed by atoms with E-state index in [4.69, 9.17) is 11.6 Å². The van der Waals surface area contributed by atoms with Crippen molar-refractivity contribution in [1.82, 2.24) is 24.3 Å². The Balaban J connectivity index is 1.69. The molecule has 0 aliphatic carbocycles. The van der Waals surface area contributed by atoms with Gasteiger partial charge in [0.2, 0.25) is 0 Å². The van der Waals surface area contributed by atoms with Gasteiger partial charge in [-0.1, -0.05) is 0 Å². The Bertz CT molecular complexity index is 1060. The molecule has 29 heavy (non-hydrogen) atoms. The van der Waals surface area contributed by atoms with Gasteiger partial charge in [-0.15, -0.1) is 0 Å². The van der Waals surface area contributed by atoms with E-state index in [2.05, 4.69) is 29.9 Å². The third-order valence-electron chi connectivity index (χ3n) is 4.91. The number of amidine groups is 1. The molecule has 12 heteroatoms. The van der Waals surface area contributed by atoms with Crippen LogP contribution in [0.4, 0.5) is 19.0 Å². The summed E-state index contributed by atoms with van der Waals surface area (Å²) in [6, 6.07) is 1.75. The van der Waals surface area contributed by atoms with Gasteiger partial charge in [0.05, 0.1) is 18.3 Å². The van der Waals surface area contributed by atoms with Crippen LogP contribution in [0.2, 0.25) is 0 Å². The average molecular weight is 406 g/mol. The summed E-state index contributed by atoms with van der Waals surface area (Å²) >= 11 is 0. The fourth-order valence-corrected chi connectivity index (χ4v) is 3.41. The Kier molecular flexibility index (Phi) is 4.68. The van der Waals surface area contributed by atoms with Gasteiger partial charge in [-0.3, -0.25) is 16.0 Å². The molecule has 1 atom stereocenters. The summed E-state index contributed by atoms with van der Waals surface area (Å²) in [5, 5.41) is 2.50. The first-order valence-electron chi connectivity index (χ1n) is 8.94. The lowest BCUT2D eigenvalue weighted by atomic mass is 9.97. The number of alkyl halides is 3. The lowest BCUT2D eigenvalue weighted by Gasteiger charge is -2.31. The van der Waals surface area contributed by atoms with Crippen LogP contribution in [-0.2, 0) is 6.18 Å². The smallest absolute Gasteiger partial charge is 0.356 e. The minimum Gasteiger partial charge on any atom is -0.356 e. The monoisotopic (exact) mass is 406 g/mol. The van der Waals surface area contributed by atoms with E-state index in [1.54, 1.807) is 12.3 Å². The predicted octanol–water partition coefficient (Wildman–Crippen LogP) is -0.267. The second kappa shape index (κ2) is 7.18. The molecule has 3 aromatic heterocycles. The van der Waals surface area contributed by atoms with Gasteiger partial charge in [0.25, 0.3) is 5.84 Å². The van der Waals surface area contributed by atoms with Gasteiger partial charge in [-0.05, 0) is 18.9 Å². The van der Waals surface area contributed by atoms with Crippen LogP contribution in [0.15, 0.2) is 30.9 Å². The van der Waals surface area contributed by atoms with Crippen LogP contribution in [-0.4, -0.2) is 43.3 Å². The normalized spacial score (nSPS) is 18.4. The summed E-state index contributed by atoms with van der Waals surface area (Å²) in [6.45, 7) is 1.40. The fraction of sp³-hybridized carbons (Fsp3) is 0.353. The predicted molar refractivity (Wildman–Crippen MR) is 98.3 cm³/mol. The van der Waals surface area contributed by atoms with Gasteiger partial charge in [0, 0.05) is 25.5 Å². The molecule has 0 bridgehead atoms. The molecule has 1 fully saturated rings. The first kappa shape index (κ1) is 18.9. The van der Waals surface area contributed by atoms with Crippen molar-refractivity contribution >= 4 is 17.3 Å². The summed E-state index contributed by atoms with van der Waals surface area (Å²) in [7, 11) is 0. The van der Waals surface area contributed by atoms with Crippen molar-refractivity contribution in [3.63, 3.8) is 0 Å². The van der Waals surface area contributed by atoms with E-state index >= 15 is 0 Å². The Morgan fingerprint density at radius 3 is 2.79 bits per heavy atom. The minimum absolute atomic E-state index is 0.0726. The number of imidazole rings is 1. The molecule has 1 unspecified atom stereocenters. The maximum absolute atomic E-state index is 13.0. The number of halogens is 3. The number of hydrogen-bond donors (Lipinski definition) is 3. The Hall–Kier alpha value is -3.44. The van der Waals surface area contributed by atoms with Gasteiger partial charge in [0.1, 0.15) is 11.5 Å². The molecule has 4 heterocycles. The van der Waals surface area contributed by atoms with Crippen LogP contribution in [0.3, 0.4) is 0 Å². The first-order valence-corrected chi connectivity index (χ1v) is 8.94. The Morgan fingerprint density at radius 1 is 1.21 bits per heavy atom. The number of piperidine rings is 1. The molecule has 152 valence electrons. The first-order chi connectivity index (χ1) is 13.9. The van der Waals surface area contributed by atoms with Crippen LogP contribution in [0.5, 0.6) is 0 Å².